The predicted octanol–water partition coefficient (Wildman–Crippen LogP) is 3.34. The predicted molar refractivity (Wildman–Crippen MR) is 79.1 cm³/mol. The Bertz CT molecular complexity index is 354. The highest BCUT2D eigenvalue weighted by molar-refractivity contribution is 5.47. The van der Waals surface area contributed by atoms with E-state index in [0.717, 1.165) is 13.0 Å². The molecule has 0 heterocycles. The molecule has 102 valence electrons. The van der Waals surface area contributed by atoms with Gasteiger partial charge >= 0.3 is 0 Å². The summed E-state index contributed by atoms with van der Waals surface area (Å²) in [6, 6.07) is 8.76. The monoisotopic (exact) mass is 249 g/mol. The van der Waals surface area contributed by atoms with Gasteiger partial charge in [-0.15, -0.1) is 0 Å². The Morgan fingerprint density at radius 3 is 2.17 bits per heavy atom. The lowest BCUT2D eigenvalue weighted by molar-refractivity contribution is 0.165. The Kier molecular flexibility index (Phi) is 5.21. The average Bonchev–Trinajstić information content (AvgIpc) is 2.28. The van der Waals surface area contributed by atoms with Crippen molar-refractivity contribution >= 4 is 5.69 Å². The van der Waals surface area contributed by atoms with E-state index in [-0.39, 0.29) is 12.0 Å². The van der Waals surface area contributed by atoms with Crippen LogP contribution in [0.4, 0.5) is 5.69 Å². The van der Waals surface area contributed by atoms with Crippen LogP contribution in [0.25, 0.3) is 0 Å². The van der Waals surface area contributed by atoms with Gasteiger partial charge in [-0.25, -0.2) is 0 Å². The third kappa shape index (κ3) is 4.69. The maximum absolute atomic E-state index is 9.31. The van der Waals surface area contributed by atoms with Gasteiger partial charge in [0.2, 0.25) is 0 Å². The molecule has 0 unspecified atom stereocenters. The molecule has 0 bridgehead atoms. The maximum atomic E-state index is 9.31. The molecule has 18 heavy (non-hydrogen) atoms. The Labute approximate surface area is 112 Å². The van der Waals surface area contributed by atoms with Crippen LogP contribution in [0.15, 0.2) is 24.3 Å². The van der Waals surface area contributed by atoms with Crippen LogP contribution in [0.2, 0.25) is 0 Å². The van der Waals surface area contributed by atoms with Gasteiger partial charge in [-0.2, -0.15) is 0 Å². The van der Waals surface area contributed by atoms with E-state index in [0.29, 0.717) is 5.92 Å². The second kappa shape index (κ2) is 6.24. The van der Waals surface area contributed by atoms with E-state index in [1.165, 1.54) is 11.3 Å². The van der Waals surface area contributed by atoms with Crippen molar-refractivity contribution in [2.75, 3.05) is 25.1 Å². The smallest absolute Gasteiger partial charge is 0.0499 e. The molecule has 0 saturated carbocycles. The first-order chi connectivity index (χ1) is 8.34. The molecule has 0 atom stereocenters. The van der Waals surface area contributed by atoms with Gasteiger partial charge in [0, 0.05) is 31.3 Å². The molecule has 0 aromatic heterocycles. The van der Waals surface area contributed by atoms with Gasteiger partial charge in [-0.1, -0.05) is 39.8 Å². The van der Waals surface area contributed by atoms with Crippen LogP contribution in [-0.2, 0) is 6.42 Å². The van der Waals surface area contributed by atoms with Crippen molar-refractivity contribution < 1.29 is 5.11 Å². The normalized spacial score (nSPS) is 11.9. The van der Waals surface area contributed by atoms with Gasteiger partial charge in [0.15, 0.2) is 0 Å². The number of rotatable bonds is 6. The van der Waals surface area contributed by atoms with Crippen LogP contribution in [-0.4, -0.2) is 25.3 Å². The van der Waals surface area contributed by atoms with Crippen LogP contribution >= 0.6 is 0 Å². The summed E-state index contributed by atoms with van der Waals surface area (Å²) in [5.41, 5.74) is 2.54. The first-order valence-corrected chi connectivity index (χ1v) is 6.75. The third-order valence-corrected chi connectivity index (χ3v) is 3.11. The van der Waals surface area contributed by atoms with E-state index in [1.54, 1.807) is 0 Å². The molecule has 2 nitrogen and oxygen atoms in total. The van der Waals surface area contributed by atoms with Crippen LogP contribution in [0.3, 0.4) is 0 Å². The van der Waals surface area contributed by atoms with Crippen molar-refractivity contribution in [2.24, 2.45) is 11.3 Å². The van der Waals surface area contributed by atoms with Crippen LogP contribution in [0, 0.1) is 11.3 Å². The SMILES string of the molecule is CC(C)Cc1ccc(N(C)CC(C)(C)CO)cc1. The van der Waals surface area contributed by atoms with Crippen LogP contribution in [0.5, 0.6) is 0 Å². The Balaban J connectivity index is 2.67. The van der Waals surface area contributed by atoms with Crippen molar-refractivity contribution in [3.63, 3.8) is 0 Å². The zero-order chi connectivity index (χ0) is 13.8. The number of nitrogens with zero attached hydrogens (tertiary/aromatic N) is 1. The summed E-state index contributed by atoms with van der Waals surface area (Å²) in [6.07, 6.45) is 1.13. The Morgan fingerprint density at radius 2 is 1.72 bits per heavy atom. The molecule has 1 rings (SSSR count). The van der Waals surface area contributed by atoms with Crippen molar-refractivity contribution in [1.82, 2.24) is 0 Å². The largest absolute Gasteiger partial charge is 0.396 e. The van der Waals surface area contributed by atoms with Gasteiger partial charge in [0.05, 0.1) is 0 Å². The van der Waals surface area contributed by atoms with E-state index in [1.807, 2.05) is 0 Å². The first kappa shape index (κ1) is 15.0. The quantitative estimate of drug-likeness (QED) is 0.836. The minimum Gasteiger partial charge on any atom is -0.396 e. The van der Waals surface area contributed by atoms with E-state index >= 15 is 0 Å². The summed E-state index contributed by atoms with van der Waals surface area (Å²) in [4.78, 5) is 2.20. The molecule has 0 saturated heterocycles. The first-order valence-electron chi connectivity index (χ1n) is 6.75. The summed E-state index contributed by atoms with van der Waals surface area (Å²) in [5, 5.41) is 9.31. The third-order valence-electron chi connectivity index (χ3n) is 3.11. The molecule has 0 aliphatic carbocycles. The van der Waals surface area contributed by atoms with Crippen molar-refractivity contribution in [1.29, 1.82) is 0 Å². The molecule has 1 N–H and O–H groups in total. The van der Waals surface area contributed by atoms with Crippen LogP contribution < -0.4 is 4.90 Å². The topological polar surface area (TPSA) is 23.5 Å². The fraction of sp³-hybridized carbons (Fsp3) is 0.625. The molecule has 1 aromatic carbocycles. The van der Waals surface area contributed by atoms with Crippen molar-refractivity contribution in [2.45, 2.75) is 34.1 Å². The van der Waals surface area contributed by atoms with Crippen molar-refractivity contribution in [3.8, 4) is 0 Å². The zero-order valence-electron chi connectivity index (χ0n) is 12.4. The summed E-state index contributed by atoms with van der Waals surface area (Å²) in [5.74, 6) is 0.696. The van der Waals surface area contributed by atoms with E-state index in [2.05, 4.69) is 63.9 Å². The zero-order valence-corrected chi connectivity index (χ0v) is 12.4. The van der Waals surface area contributed by atoms with Crippen LogP contribution in [0.1, 0.15) is 33.3 Å². The number of benzene rings is 1. The lowest BCUT2D eigenvalue weighted by Gasteiger charge is -2.30. The molecule has 2 heteroatoms. The molecule has 0 amide bonds. The minimum absolute atomic E-state index is 0.0641. The fourth-order valence-corrected chi connectivity index (χ4v) is 2.14. The van der Waals surface area contributed by atoms with Gasteiger partial charge in [0.25, 0.3) is 0 Å². The molecule has 0 aliphatic heterocycles. The second-order valence-electron chi connectivity index (χ2n) is 6.44. The number of hydrogen-bond donors (Lipinski definition) is 1. The van der Waals surface area contributed by atoms with Gasteiger partial charge in [-0.05, 0) is 30.0 Å². The van der Waals surface area contributed by atoms with E-state index in [9.17, 15) is 5.11 Å². The summed E-state index contributed by atoms with van der Waals surface area (Å²) >= 11 is 0. The molecular formula is C16H27NO. The second-order valence-corrected chi connectivity index (χ2v) is 6.44. The van der Waals surface area contributed by atoms with Gasteiger partial charge in [-0.3, -0.25) is 0 Å². The van der Waals surface area contributed by atoms with Gasteiger partial charge < -0.3 is 10.0 Å². The van der Waals surface area contributed by atoms with E-state index in [4.69, 9.17) is 0 Å². The van der Waals surface area contributed by atoms with Crippen molar-refractivity contribution in [3.05, 3.63) is 29.8 Å². The lowest BCUT2D eigenvalue weighted by Crippen LogP contribution is -2.33. The van der Waals surface area contributed by atoms with E-state index < -0.39 is 0 Å². The standard InChI is InChI=1S/C16H27NO/c1-13(2)10-14-6-8-15(9-7-14)17(5)11-16(3,4)12-18/h6-9,13,18H,10-12H2,1-5H3. The molecule has 0 aliphatic rings. The summed E-state index contributed by atoms with van der Waals surface area (Å²) < 4.78 is 0. The molecule has 0 fully saturated rings. The average molecular weight is 249 g/mol. The maximum Gasteiger partial charge on any atom is 0.0499 e. The number of aliphatic hydroxyl groups excluding tert-OH is 1. The number of hydrogen-bond acceptors (Lipinski definition) is 2. The highest BCUT2D eigenvalue weighted by atomic mass is 16.3. The number of aliphatic hydroxyl groups is 1. The highest BCUT2D eigenvalue weighted by Crippen LogP contribution is 2.21. The summed E-state index contributed by atoms with van der Waals surface area (Å²) in [7, 11) is 2.08. The molecular weight excluding hydrogens is 222 g/mol. The fourth-order valence-electron chi connectivity index (χ4n) is 2.14. The Hall–Kier alpha value is -1.02. The highest BCUT2D eigenvalue weighted by Gasteiger charge is 2.19. The number of anilines is 1. The Morgan fingerprint density at radius 1 is 1.17 bits per heavy atom. The lowest BCUT2D eigenvalue weighted by atomic mass is 9.94. The molecule has 0 radical (unpaired) electrons. The van der Waals surface area contributed by atoms with Gasteiger partial charge in [0.1, 0.15) is 0 Å². The minimum atomic E-state index is -0.0641. The summed E-state index contributed by atoms with van der Waals surface area (Å²) in [6.45, 7) is 9.71. The molecule has 1 aromatic rings. The molecule has 0 spiro atoms.